The van der Waals surface area contributed by atoms with Gasteiger partial charge in [0.05, 0.1) is 13.2 Å². The standard InChI is InChI=1S/C18H25N5O/c1-2-4-17(22-7-9-24-10-8-22)16(3-1)12-19-11-15-5-6-18-21-20-14-23(18)13-15/h1-4,14-15,19H,5-13H2/t15-/m0/s1. The third-order valence-electron chi connectivity index (χ3n) is 5.02. The predicted molar refractivity (Wildman–Crippen MR) is 93.0 cm³/mol. The van der Waals surface area contributed by atoms with Crippen molar-refractivity contribution in [3.8, 4) is 0 Å². The van der Waals surface area contributed by atoms with Crippen molar-refractivity contribution in [3.05, 3.63) is 42.0 Å². The number of aromatic nitrogens is 3. The van der Waals surface area contributed by atoms with Crippen molar-refractivity contribution in [3.63, 3.8) is 0 Å². The Morgan fingerprint density at radius 3 is 3.00 bits per heavy atom. The van der Waals surface area contributed by atoms with Crippen LogP contribution in [0.4, 0.5) is 5.69 Å². The average Bonchev–Trinajstić information content (AvgIpc) is 3.11. The molecule has 2 aromatic rings. The van der Waals surface area contributed by atoms with Crippen molar-refractivity contribution >= 4 is 5.69 Å². The first-order valence-corrected chi connectivity index (χ1v) is 8.88. The van der Waals surface area contributed by atoms with E-state index in [-0.39, 0.29) is 0 Å². The van der Waals surface area contributed by atoms with Crippen LogP contribution in [-0.4, -0.2) is 47.6 Å². The number of nitrogens with zero attached hydrogens (tertiary/aromatic N) is 4. The zero-order valence-corrected chi connectivity index (χ0v) is 14.0. The second kappa shape index (κ2) is 7.32. The van der Waals surface area contributed by atoms with Gasteiger partial charge in [0, 0.05) is 38.3 Å². The SMILES string of the molecule is c1ccc(N2CCOCC2)c(CNC[C@@H]2CCc3nncn3C2)c1. The van der Waals surface area contributed by atoms with Crippen molar-refractivity contribution < 1.29 is 4.74 Å². The molecule has 2 aliphatic rings. The molecule has 6 nitrogen and oxygen atoms in total. The fourth-order valence-electron chi connectivity index (χ4n) is 3.68. The molecule has 0 saturated carbocycles. The Bertz CT molecular complexity index is 665. The predicted octanol–water partition coefficient (Wildman–Crippen LogP) is 1.47. The molecule has 0 spiro atoms. The first-order valence-electron chi connectivity index (χ1n) is 8.88. The molecular formula is C18H25N5O. The number of anilines is 1. The Morgan fingerprint density at radius 1 is 1.21 bits per heavy atom. The molecule has 24 heavy (non-hydrogen) atoms. The van der Waals surface area contributed by atoms with E-state index in [4.69, 9.17) is 4.74 Å². The molecule has 1 aromatic heterocycles. The van der Waals surface area contributed by atoms with Crippen molar-refractivity contribution in [1.29, 1.82) is 0 Å². The molecule has 0 bridgehead atoms. The van der Waals surface area contributed by atoms with Gasteiger partial charge >= 0.3 is 0 Å². The smallest absolute Gasteiger partial charge is 0.132 e. The summed E-state index contributed by atoms with van der Waals surface area (Å²) < 4.78 is 7.67. The number of hydrogen-bond acceptors (Lipinski definition) is 5. The Kier molecular flexibility index (Phi) is 4.76. The average molecular weight is 327 g/mol. The highest BCUT2D eigenvalue weighted by molar-refractivity contribution is 5.53. The quantitative estimate of drug-likeness (QED) is 0.901. The van der Waals surface area contributed by atoms with Crippen LogP contribution in [0.25, 0.3) is 0 Å². The summed E-state index contributed by atoms with van der Waals surface area (Å²) >= 11 is 0. The fourth-order valence-corrected chi connectivity index (χ4v) is 3.68. The molecule has 1 saturated heterocycles. The molecule has 4 rings (SSSR count). The Labute approximate surface area is 142 Å². The maximum Gasteiger partial charge on any atom is 0.132 e. The zero-order chi connectivity index (χ0) is 16.2. The van der Waals surface area contributed by atoms with Gasteiger partial charge in [-0.2, -0.15) is 0 Å². The van der Waals surface area contributed by atoms with Gasteiger partial charge < -0.3 is 19.5 Å². The maximum absolute atomic E-state index is 5.47. The first-order chi connectivity index (χ1) is 11.9. The van der Waals surface area contributed by atoms with E-state index in [1.165, 1.54) is 17.7 Å². The highest BCUT2D eigenvalue weighted by atomic mass is 16.5. The number of aryl methyl sites for hydroxylation is 1. The van der Waals surface area contributed by atoms with Gasteiger partial charge in [-0.1, -0.05) is 18.2 Å². The molecular weight excluding hydrogens is 302 g/mol. The molecule has 1 N–H and O–H groups in total. The molecule has 0 radical (unpaired) electrons. The summed E-state index contributed by atoms with van der Waals surface area (Å²) in [6.45, 7) is 6.59. The van der Waals surface area contributed by atoms with Crippen LogP contribution < -0.4 is 10.2 Å². The molecule has 1 aromatic carbocycles. The number of rotatable bonds is 5. The summed E-state index contributed by atoms with van der Waals surface area (Å²) in [6.07, 6.45) is 4.09. The molecule has 0 aliphatic carbocycles. The monoisotopic (exact) mass is 327 g/mol. The van der Waals surface area contributed by atoms with Crippen LogP contribution in [0.3, 0.4) is 0 Å². The summed E-state index contributed by atoms with van der Waals surface area (Å²) in [4.78, 5) is 2.44. The topological polar surface area (TPSA) is 55.2 Å². The summed E-state index contributed by atoms with van der Waals surface area (Å²) in [5.74, 6) is 1.79. The van der Waals surface area contributed by atoms with E-state index in [0.717, 1.165) is 58.2 Å². The number of fused-ring (bicyclic) bond motifs is 1. The van der Waals surface area contributed by atoms with Crippen LogP contribution in [0.2, 0.25) is 0 Å². The lowest BCUT2D eigenvalue weighted by Crippen LogP contribution is -2.37. The highest BCUT2D eigenvalue weighted by Crippen LogP contribution is 2.22. The molecule has 3 heterocycles. The van der Waals surface area contributed by atoms with Gasteiger partial charge in [0.25, 0.3) is 0 Å². The Hall–Kier alpha value is -1.92. The number of ether oxygens (including phenoxy) is 1. The molecule has 1 fully saturated rings. The highest BCUT2D eigenvalue weighted by Gasteiger charge is 2.19. The van der Waals surface area contributed by atoms with Crippen LogP contribution in [0, 0.1) is 5.92 Å². The Morgan fingerprint density at radius 2 is 2.08 bits per heavy atom. The lowest BCUT2D eigenvalue weighted by molar-refractivity contribution is 0.122. The van der Waals surface area contributed by atoms with Gasteiger partial charge in [-0.05, 0) is 30.5 Å². The molecule has 6 heteroatoms. The van der Waals surface area contributed by atoms with Crippen molar-refractivity contribution in [1.82, 2.24) is 20.1 Å². The maximum atomic E-state index is 5.47. The molecule has 128 valence electrons. The molecule has 0 unspecified atom stereocenters. The number of benzene rings is 1. The van der Waals surface area contributed by atoms with Gasteiger partial charge in [0.2, 0.25) is 0 Å². The second-order valence-electron chi connectivity index (χ2n) is 6.66. The van der Waals surface area contributed by atoms with Gasteiger partial charge in [0.15, 0.2) is 0 Å². The Balaban J connectivity index is 1.33. The van der Waals surface area contributed by atoms with E-state index in [9.17, 15) is 0 Å². The summed E-state index contributed by atoms with van der Waals surface area (Å²) in [6, 6.07) is 8.72. The van der Waals surface area contributed by atoms with E-state index < -0.39 is 0 Å². The summed E-state index contributed by atoms with van der Waals surface area (Å²) in [5.41, 5.74) is 2.72. The lowest BCUT2D eigenvalue weighted by atomic mass is 9.99. The minimum atomic E-state index is 0.657. The second-order valence-corrected chi connectivity index (χ2v) is 6.66. The van der Waals surface area contributed by atoms with Crippen molar-refractivity contribution in [2.45, 2.75) is 25.9 Å². The fraction of sp³-hybridized carbons (Fsp3) is 0.556. The van der Waals surface area contributed by atoms with E-state index in [1.54, 1.807) is 0 Å². The number of nitrogens with one attached hydrogen (secondary N) is 1. The molecule has 2 aliphatic heterocycles. The number of morpholine rings is 1. The van der Waals surface area contributed by atoms with Gasteiger partial charge in [-0.15, -0.1) is 10.2 Å². The summed E-state index contributed by atoms with van der Waals surface area (Å²) in [5, 5.41) is 11.8. The summed E-state index contributed by atoms with van der Waals surface area (Å²) in [7, 11) is 0. The normalized spacial score (nSPS) is 20.8. The van der Waals surface area contributed by atoms with Gasteiger partial charge in [-0.25, -0.2) is 0 Å². The van der Waals surface area contributed by atoms with Crippen LogP contribution >= 0.6 is 0 Å². The van der Waals surface area contributed by atoms with E-state index in [2.05, 4.69) is 49.2 Å². The zero-order valence-electron chi connectivity index (χ0n) is 14.0. The lowest BCUT2D eigenvalue weighted by Gasteiger charge is -2.31. The largest absolute Gasteiger partial charge is 0.378 e. The van der Waals surface area contributed by atoms with Gasteiger partial charge in [-0.3, -0.25) is 0 Å². The van der Waals surface area contributed by atoms with E-state index >= 15 is 0 Å². The van der Waals surface area contributed by atoms with Crippen LogP contribution in [0.5, 0.6) is 0 Å². The van der Waals surface area contributed by atoms with E-state index in [0.29, 0.717) is 5.92 Å². The van der Waals surface area contributed by atoms with Gasteiger partial charge in [0.1, 0.15) is 12.2 Å². The number of para-hydroxylation sites is 1. The molecule has 1 atom stereocenters. The van der Waals surface area contributed by atoms with E-state index in [1.807, 2.05) is 6.33 Å². The van der Waals surface area contributed by atoms with Crippen molar-refractivity contribution in [2.24, 2.45) is 5.92 Å². The molecule has 0 amide bonds. The minimum absolute atomic E-state index is 0.657. The van der Waals surface area contributed by atoms with Crippen LogP contribution in [-0.2, 0) is 24.2 Å². The van der Waals surface area contributed by atoms with Crippen LogP contribution in [0.1, 0.15) is 17.8 Å². The third-order valence-corrected chi connectivity index (χ3v) is 5.02. The minimum Gasteiger partial charge on any atom is -0.378 e. The third kappa shape index (κ3) is 3.44. The van der Waals surface area contributed by atoms with Crippen molar-refractivity contribution in [2.75, 3.05) is 37.7 Å². The number of hydrogen-bond donors (Lipinski definition) is 1. The van der Waals surface area contributed by atoms with Crippen LogP contribution in [0.15, 0.2) is 30.6 Å². The first kappa shape index (κ1) is 15.6.